The number of nitrogens with one attached hydrogen (secondary N) is 1. The van der Waals surface area contributed by atoms with Gasteiger partial charge >= 0.3 is 0 Å². The molecule has 0 aliphatic rings. The molecule has 0 saturated carbocycles. The van der Waals surface area contributed by atoms with Crippen LogP contribution in [0.1, 0.15) is 16.7 Å². The molecular formula is C25H20Br2N2O3. The number of ether oxygens (including phenoxy) is 2. The lowest BCUT2D eigenvalue weighted by molar-refractivity contribution is -0.112. The third-order valence-electron chi connectivity index (χ3n) is 4.53. The van der Waals surface area contributed by atoms with Crippen LogP contribution in [0.2, 0.25) is 0 Å². The topological polar surface area (TPSA) is 71.3 Å². The van der Waals surface area contributed by atoms with Crippen molar-refractivity contribution in [2.45, 2.75) is 13.5 Å². The molecule has 0 atom stereocenters. The summed E-state index contributed by atoms with van der Waals surface area (Å²) < 4.78 is 13.0. The normalized spacial score (nSPS) is 10.9. The van der Waals surface area contributed by atoms with Crippen LogP contribution < -0.4 is 14.8 Å². The number of hydrogen-bond acceptors (Lipinski definition) is 4. The van der Waals surface area contributed by atoms with Crippen LogP contribution in [0.15, 0.2) is 75.2 Å². The molecule has 0 aliphatic carbocycles. The number of methoxy groups -OCH3 is 1. The molecule has 0 aliphatic heterocycles. The molecule has 3 rings (SSSR count). The van der Waals surface area contributed by atoms with Gasteiger partial charge in [0.2, 0.25) is 0 Å². The van der Waals surface area contributed by atoms with E-state index in [1.165, 1.54) is 11.6 Å². The minimum atomic E-state index is -0.496. The van der Waals surface area contributed by atoms with Gasteiger partial charge in [-0.3, -0.25) is 4.79 Å². The van der Waals surface area contributed by atoms with Crippen molar-refractivity contribution in [3.8, 4) is 17.6 Å². The second-order valence-corrected chi connectivity index (χ2v) is 8.71. The summed E-state index contributed by atoms with van der Waals surface area (Å²) in [7, 11) is 1.54. The van der Waals surface area contributed by atoms with E-state index < -0.39 is 5.91 Å². The van der Waals surface area contributed by atoms with E-state index in [1.807, 2.05) is 49.4 Å². The lowest BCUT2D eigenvalue weighted by Crippen LogP contribution is -2.13. The third kappa shape index (κ3) is 6.22. The molecule has 32 heavy (non-hydrogen) atoms. The highest BCUT2D eigenvalue weighted by molar-refractivity contribution is 9.10. The first-order valence-electron chi connectivity index (χ1n) is 9.64. The molecule has 162 valence electrons. The Morgan fingerprint density at radius 1 is 1.09 bits per heavy atom. The van der Waals surface area contributed by atoms with Gasteiger partial charge in [-0.2, -0.15) is 5.26 Å². The van der Waals surface area contributed by atoms with Crippen LogP contribution in [0.25, 0.3) is 6.08 Å². The highest BCUT2D eigenvalue weighted by atomic mass is 79.9. The molecule has 0 radical (unpaired) electrons. The van der Waals surface area contributed by atoms with Gasteiger partial charge < -0.3 is 14.8 Å². The van der Waals surface area contributed by atoms with Gasteiger partial charge in [0, 0.05) is 10.2 Å². The van der Waals surface area contributed by atoms with Crippen molar-refractivity contribution in [1.29, 1.82) is 5.26 Å². The summed E-state index contributed by atoms with van der Waals surface area (Å²) in [6, 6.07) is 20.6. The highest BCUT2D eigenvalue weighted by Gasteiger charge is 2.14. The Labute approximate surface area is 203 Å². The van der Waals surface area contributed by atoms with Crippen molar-refractivity contribution >= 4 is 49.5 Å². The smallest absolute Gasteiger partial charge is 0.266 e. The number of nitriles is 1. The SMILES string of the molecule is COc1cc(/C=C(/C#N)C(=O)Nc2ccc(Br)cc2)cc(Br)c1OCc1ccc(C)cc1. The number of amides is 1. The largest absolute Gasteiger partial charge is 0.493 e. The van der Waals surface area contributed by atoms with Gasteiger partial charge in [0.15, 0.2) is 11.5 Å². The summed E-state index contributed by atoms with van der Waals surface area (Å²) in [5.74, 6) is 0.538. The van der Waals surface area contributed by atoms with Gasteiger partial charge in [-0.1, -0.05) is 45.8 Å². The zero-order chi connectivity index (χ0) is 23.1. The second-order valence-electron chi connectivity index (χ2n) is 6.94. The first-order chi connectivity index (χ1) is 15.4. The molecule has 0 fully saturated rings. The monoisotopic (exact) mass is 554 g/mol. The van der Waals surface area contributed by atoms with E-state index in [1.54, 1.807) is 31.4 Å². The summed E-state index contributed by atoms with van der Waals surface area (Å²) in [4.78, 5) is 12.5. The summed E-state index contributed by atoms with van der Waals surface area (Å²) in [5.41, 5.74) is 3.40. The highest BCUT2D eigenvalue weighted by Crippen LogP contribution is 2.37. The van der Waals surface area contributed by atoms with Crippen molar-refractivity contribution in [3.63, 3.8) is 0 Å². The molecular weight excluding hydrogens is 536 g/mol. The van der Waals surface area contributed by atoms with E-state index >= 15 is 0 Å². The average Bonchev–Trinajstić information content (AvgIpc) is 2.79. The zero-order valence-electron chi connectivity index (χ0n) is 17.5. The van der Waals surface area contributed by atoms with Gasteiger partial charge in [0.25, 0.3) is 5.91 Å². The van der Waals surface area contributed by atoms with Crippen molar-refractivity contribution < 1.29 is 14.3 Å². The average molecular weight is 556 g/mol. The standard InChI is InChI=1S/C25H20Br2N2O3/c1-16-3-5-17(6-4-16)15-32-24-22(27)12-18(13-23(24)31-2)11-19(14-28)25(30)29-21-9-7-20(26)8-10-21/h3-13H,15H2,1-2H3,(H,29,30)/b19-11-. The van der Waals surface area contributed by atoms with Crippen molar-refractivity contribution in [2.24, 2.45) is 0 Å². The molecule has 7 heteroatoms. The third-order valence-corrected chi connectivity index (χ3v) is 5.65. The first-order valence-corrected chi connectivity index (χ1v) is 11.2. The zero-order valence-corrected chi connectivity index (χ0v) is 20.7. The fourth-order valence-corrected chi connectivity index (χ4v) is 3.69. The number of anilines is 1. The summed E-state index contributed by atoms with van der Waals surface area (Å²) >= 11 is 6.86. The number of benzene rings is 3. The van der Waals surface area contributed by atoms with Gasteiger partial charge in [-0.15, -0.1) is 0 Å². The van der Waals surface area contributed by atoms with Crippen LogP contribution in [-0.4, -0.2) is 13.0 Å². The predicted octanol–water partition coefficient (Wildman–Crippen LogP) is 6.65. The summed E-state index contributed by atoms with van der Waals surface area (Å²) in [6.45, 7) is 2.41. The lowest BCUT2D eigenvalue weighted by atomic mass is 10.1. The quantitative estimate of drug-likeness (QED) is 0.261. The van der Waals surface area contributed by atoms with E-state index in [2.05, 4.69) is 37.2 Å². The molecule has 0 unspecified atom stereocenters. The molecule has 3 aromatic rings. The minimum absolute atomic E-state index is 0.0322. The predicted molar refractivity (Wildman–Crippen MR) is 133 cm³/mol. The fourth-order valence-electron chi connectivity index (χ4n) is 2.85. The maximum Gasteiger partial charge on any atom is 0.266 e. The number of rotatable bonds is 7. The maximum atomic E-state index is 12.5. The van der Waals surface area contributed by atoms with Crippen LogP contribution in [0.5, 0.6) is 11.5 Å². The molecule has 0 heterocycles. The summed E-state index contributed by atoms with van der Waals surface area (Å²) in [6.07, 6.45) is 1.51. The number of halogens is 2. The van der Waals surface area contributed by atoms with E-state index in [4.69, 9.17) is 9.47 Å². The van der Waals surface area contributed by atoms with E-state index in [0.29, 0.717) is 33.8 Å². The van der Waals surface area contributed by atoms with Gasteiger partial charge in [-0.05, 0) is 76.5 Å². The lowest BCUT2D eigenvalue weighted by Gasteiger charge is -2.14. The fraction of sp³-hybridized carbons (Fsp3) is 0.120. The van der Waals surface area contributed by atoms with Crippen LogP contribution in [0.3, 0.4) is 0 Å². The van der Waals surface area contributed by atoms with E-state index in [-0.39, 0.29) is 5.57 Å². The van der Waals surface area contributed by atoms with Gasteiger partial charge in [0.1, 0.15) is 18.2 Å². The number of hydrogen-bond donors (Lipinski definition) is 1. The summed E-state index contributed by atoms with van der Waals surface area (Å²) in [5, 5.41) is 12.2. The van der Waals surface area contributed by atoms with E-state index in [0.717, 1.165) is 10.0 Å². The van der Waals surface area contributed by atoms with Crippen LogP contribution >= 0.6 is 31.9 Å². The molecule has 1 N–H and O–H groups in total. The van der Waals surface area contributed by atoms with Crippen LogP contribution in [0.4, 0.5) is 5.69 Å². The molecule has 0 aromatic heterocycles. The molecule has 0 spiro atoms. The van der Waals surface area contributed by atoms with Crippen molar-refractivity contribution in [1.82, 2.24) is 0 Å². The second kappa shape index (κ2) is 11.0. The molecule has 0 saturated heterocycles. The molecule has 0 bridgehead atoms. The number of carbonyl (C=O) groups is 1. The Morgan fingerprint density at radius 2 is 1.78 bits per heavy atom. The Kier molecular flexibility index (Phi) is 8.09. The van der Waals surface area contributed by atoms with Crippen molar-refractivity contribution in [2.75, 3.05) is 12.4 Å². The number of aryl methyl sites for hydroxylation is 1. The number of nitrogens with zero attached hydrogens (tertiary/aromatic N) is 1. The molecule has 3 aromatic carbocycles. The van der Waals surface area contributed by atoms with E-state index in [9.17, 15) is 10.1 Å². The molecule has 5 nitrogen and oxygen atoms in total. The first kappa shape index (κ1) is 23.6. The van der Waals surface area contributed by atoms with Crippen LogP contribution in [0, 0.1) is 18.3 Å². The Balaban J connectivity index is 1.80. The Morgan fingerprint density at radius 3 is 2.41 bits per heavy atom. The van der Waals surface area contributed by atoms with Gasteiger partial charge in [0.05, 0.1) is 11.6 Å². The Bertz CT molecular complexity index is 1180. The van der Waals surface area contributed by atoms with Crippen molar-refractivity contribution in [3.05, 3.63) is 91.9 Å². The number of carbonyl (C=O) groups excluding carboxylic acids is 1. The Hall–Kier alpha value is -3.08. The maximum absolute atomic E-state index is 12.5. The molecule has 1 amide bonds. The van der Waals surface area contributed by atoms with Crippen LogP contribution in [-0.2, 0) is 11.4 Å². The van der Waals surface area contributed by atoms with Gasteiger partial charge in [-0.25, -0.2) is 0 Å². The minimum Gasteiger partial charge on any atom is -0.493 e.